The first-order valence-electron chi connectivity index (χ1n) is 9.49. The molecule has 5 heteroatoms. The molecule has 0 saturated carbocycles. The molecule has 0 unspecified atom stereocenters. The summed E-state index contributed by atoms with van der Waals surface area (Å²) in [6, 6.07) is 7.91. The Morgan fingerprint density at radius 2 is 1.77 bits per heavy atom. The minimum absolute atomic E-state index is 0.184. The van der Waals surface area contributed by atoms with Gasteiger partial charge in [0.2, 0.25) is 5.95 Å². The van der Waals surface area contributed by atoms with E-state index in [4.69, 9.17) is 0 Å². The summed E-state index contributed by atoms with van der Waals surface area (Å²) in [5.41, 5.74) is 4.40. The molecule has 1 heterocycles. The number of para-hydroxylation sites is 1. The number of benzene rings is 1. The molecule has 0 bridgehead atoms. The minimum Gasteiger partial charge on any atom is -0.344 e. The highest BCUT2D eigenvalue weighted by molar-refractivity contribution is 6.04. The third-order valence-corrected chi connectivity index (χ3v) is 4.50. The third-order valence-electron chi connectivity index (χ3n) is 4.50. The molecule has 1 amide bonds. The predicted molar refractivity (Wildman–Crippen MR) is 108 cm³/mol. The van der Waals surface area contributed by atoms with Gasteiger partial charge in [-0.1, -0.05) is 45.4 Å². The van der Waals surface area contributed by atoms with Crippen molar-refractivity contribution in [3.8, 4) is 0 Å². The Hall–Kier alpha value is -2.43. The van der Waals surface area contributed by atoms with Crippen molar-refractivity contribution in [3.63, 3.8) is 0 Å². The molecule has 140 valence electrons. The molecular weight excluding hydrogens is 324 g/mol. The number of carbonyl (C=O) groups is 1. The molecule has 0 radical (unpaired) electrons. The maximum Gasteiger partial charge on any atom is 0.274 e. The van der Waals surface area contributed by atoms with Crippen LogP contribution in [-0.4, -0.2) is 29.5 Å². The molecular formula is C21H30N4O. The summed E-state index contributed by atoms with van der Waals surface area (Å²) in [7, 11) is 1.97. The first-order valence-corrected chi connectivity index (χ1v) is 9.49. The summed E-state index contributed by atoms with van der Waals surface area (Å²) in [6.45, 7) is 9.12. The summed E-state index contributed by atoms with van der Waals surface area (Å²) in [5.74, 6) is 0.416. The average molecular weight is 354 g/mol. The van der Waals surface area contributed by atoms with Crippen LogP contribution in [0.3, 0.4) is 0 Å². The van der Waals surface area contributed by atoms with Gasteiger partial charge in [0, 0.05) is 25.0 Å². The number of hydrogen-bond acceptors (Lipinski definition) is 4. The Balaban J connectivity index is 2.29. The molecule has 1 N–H and O–H groups in total. The fraction of sp³-hybridized carbons (Fsp3) is 0.476. The van der Waals surface area contributed by atoms with E-state index in [0.29, 0.717) is 11.6 Å². The largest absolute Gasteiger partial charge is 0.344 e. The van der Waals surface area contributed by atoms with E-state index in [-0.39, 0.29) is 5.91 Å². The van der Waals surface area contributed by atoms with Gasteiger partial charge in [-0.15, -0.1) is 0 Å². The molecule has 1 aromatic heterocycles. The van der Waals surface area contributed by atoms with Gasteiger partial charge in [-0.25, -0.2) is 9.97 Å². The van der Waals surface area contributed by atoms with Crippen molar-refractivity contribution in [2.75, 3.05) is 23.8 Å². The number of carbonyl (C=O) groups excluding carboxylic acids is 1. The Morgan fingerprint density at radius 1 is 1.12 bits per heavy atom. The summed E-state index contributed by atoms with van der Waals surface area (Å²) in [4.78, 5) is 23.9. The van der Waals surface area contributed by atoms with E-state index in [1.165, 1.54) is 0 Å². The Morgan fingerprint density at radius 3 is 2.35 bits per heavy atom. The number of amides is 1. The van der Waals surface area contributed by atoms with E-state index in [1.807, 2.05) is 24.9 Å². The van der Waals surface area contributed by atoms with Crippen molar-refractivity contribution in [2.45, 2.75) is 53.4 Å². The normalized spacial score (nSPS) is 10.7. The lowest BCUT2D eigenvalue weighted by atomic mass is 10.0. The van der Waals surface area contributed by atoms with Crippen molar-refractivity contribution in [3.05, 3.63) is 46.8 Å². The van der Waals surface area contributed by atoms with Gasteiger partial charge >= 0.3 is 0 Å². The molecule has 26 heavy (non-hydrogen) atoms. The van der Waals surface area contributed by atoms with E-state index in [9.17, 15) is 4.79 Å². The summed E-state index contributed by atoms with van der Waals surface area (Å²) < 4.78 is 0. The molecule has 0 fully saturated rings. The highest BCUT2D eigenvalue weighted by atomic mass is 16.1. The van der Waals surface area contributed by atoms with Gasteiger partial charge in [-0.3, -0.25) is 4.79 Å². The quantitative estimate of drug-likeness (QED) is 0.763. The summed E-state index contributed by atoms with van der Waals surface area (Å²) in [6.07, 6.45) is 3.92. The van der Waals surface area contributed by atoms with Gasteiger partial charge in [0.15, 0.2) is 0 Å². The van der Waals surface area contributed by atoms with Crippen LogP contribution in [0.4, 0.5) is 11.6 Å². The zero-order chi connectivity index (χ0) is 19.1. The molecule has 1 aromatic carbocycles. The lowest BCUT2D eigenvalue weighted by Gasteiger charge is -2.18. The summed E-state index contributed by atoms with van der Waals surface area (Å²) >= 11 is 0. The Bertz CT molecular complexity index is 735. The van der Waals surface area contributed by atoms with Gasteiger partial charge in [0.05, 0.1) is 0 Å². The van der Waals surface area contributed by atoms with Crippen molar-refractivity contribution < 1.29 is 4.79 Å². The second-order valence-electron chi connectivity index (χ2n) is 6.58. The zero-order valence-electron chi connectivity index (χ0n) is 16.6. The standard InChI is InChI=1S/C21H30N4O/c1-6-9-13-25(5)21-22-15(4)14-18(23-21)20(26)24-19-16(7-2)11-10-12-17(19)8-3/h10-12,14H,6-9,13H2,1-5H3,(H,24,26). The number of rotatable bonds is 8. The van der Waals surface area contributed by atoms with Crippen LogP contribution in [0.15, 0.2) is 24.3 Å². The van der Waals surface area contributed by atoms with Crippen molar-refractivity contribution in [2.24, 2.45) is 0 Å². The first-order chi connectivity index (χ1) is 12.5. The molecule has 5 nitrogen and oxygen atoms in total. The first kappa shape index (κ1) is 19.9. The summed E-state index contributed by atoms with van der Waals surface area (Å²) in [5, 5.41) is 3.09. The van der Waals surface area contributed by atoms with E-state index >= 15 is 0 Å². The second-order valence-corrected chi connectivity index (χ2v) is 6.58. The SMILES string of the molecule is CCCCN(C)c1nc(C)cc(C(=O)Nc2c(CC)cccc2CC)n1. The fourth-order valence-electron chi connectivity index (χ4n) is 2.92. The molecule has 0 aliphatic carbocycles. The van der Waals surface area contributed by atoms with Gasteiger partial charge in [0.1, 0.15) is 5.69 Å². The molecule has 0 spiro atoms. The number of aryl methyl sites for hydroxylation is 3. The van der Waals surface area contributed by atoms with E-state index in [0.717, 1.165) is 54.7 Å². The third kappa shape index (κ3) is 4.81. The van der Waals surface area contributed by atoms with Gasteiger partial charge in [0.25, 0.3) is 5.91 Å². The van der Waals surface area contributed by atoms with Gasteiger partial charge in [-0.2, -0.15) is 0 Å². The number of aromatic nitrogens is 2. The van der Waals surface area contributed by atoms with Crippen LogP contribution >= 0.6 is 0 Å². The van der Waals surface area contributed by atoms with Crippen molar-refractivity contribution >= 4 is 17.5 Å². The van der Waals surface area contributed by atoms with Gasteiger partial charge in [-0.05, 0) is 43.4 Å². The number of hydrogen-bond donors (Lipinski definition) is 1. The van der Waals surface area contributed by atoms with E-state index in [1.54, 1.807) is 6.07 Å². The van der Waals surface area contributed by atoms with E-state index in [2.05, 4.69) is 48.2 Å². The molecule has 0 atom stereocenters. The minimum atomic E-state index is -0.184. The molecule has 0 saturated heterocycles. The maximum absolute atomic E-state index is 12.9. The van der Waals surface area contributed by atoms with Crippen LogP contribution in [0, 0.1) is 6.92 Å². The predicted octanol–water partition coefficient (Wildman–Crippen LogP) is 4.40. The van der Waals surface area contributed by atoms with Crippen LogP contribution in [0.25, 0.3) is 0 Å². The highest BCUT2D eigenvalue weighted by Crippen LogP contribution is 2.23. The topological polar surface area (TPSA) is 58.1 Å². The highest BCUT2D eigenvalue weighted by Gasteiger charge is 2.16. The van der Waals surface area contributed by atoms with Crippen LogP contribution in [0.2, 0.25) is 0 Å². The van der Waals surface area contributed by atoms with Crippen LogP contribution in [0.1, 0.15) is 60.9 Å². The molecule has 2 rings (SSSR count). The Kier molecular flexibility index (Phi) is 7.13. The Labute approximate surface area is 156 Å². The number of anilines is 2. The monoisotopic (exact) mass is 354 g/mol. The van der Waals surface area contributed by atoms with Crippen molar-refractivity contribution in [1.29, 1.82) is 0 Å². The zero-order valence-corrected chi connectivity index (χ0v) is 16.6. The van der Waals surface area contributed by atoms with Crippen molar-refractivity contribution in [1.82, 2.24) is 9.97 Å². The average Bonchev–Trinajstić information content (AvgIpc) is 2.65. The smallest absolute Gasteiger partial charge is 0.274 e. The molecule has 0 aliphatic rings. The number of nitrogens with zero attached hydrogens (tertiary/aromatic N) is 3. The fourth-order valence-corrected chi connectivity index (χ4v) is 2.92. The van der Waals surface area contributed by atoms with Crippen LogP contribution in [0.5, 0.6) is 0 Å². The lowest BCUT2D eigenvalue weighted by Crippen LogP contribution is -2.24. The molecule has 2 aromatic rings. The van der Waals surface area contributed by atoms with Crippen LogP contribution in [-0.2, 0) is 12.8 Å². The number of unbranched alkanes of at least 4 members (excludes halogenated alkanes) is 1. The van der Waals surface area contributed by atoms with Gasteiger partial charge < -0.3 is 10.2 Å². The van der Waals surface area contributed by atoms with Crippen LogP contribution < -0.4 is 10.2 Å². The number of nitrogens with one attached hydrogen (secondary N) is 1. The maximum atomic E-state index is 12.9. The lowest BCUT2D eigenvalue weighted by molar-refractivity contribution is 0.102. The second kappa shape index (κ2) is 9.32. The van der Waals surface area contributed by atoms with E-state index < -0.39 is 0 Å². The molecule has 0 aliphatic heterocycles.